The molecular formula is C13H18BrN3O. The summed E-state index contributed by atoms with van der Waals surface area (Å²) in [6, 6.07) is 0. The molecule has 0 saturated carbocycles. The number of H-pyrrole nitrogens is 1. The van der Waals surface area contributed by atoms with E-state index in [1.165, 1.54) is 11.9 Å². The van der Waals surface area contributed by atoms with Gasteiger partial charge in [0, 0.05) is 13.1 Å². The van der Waals surface area contributed by atoms with Crippen LogP contribution >= 0.6 is 15.9 Å². The van der Waals surface area contributed by atoms with E-state index in [1.807, 2.05) is 0 Å². The molecule has 5 heteroatoms. The van der Waals surface area contributed by atoms with E-state index in [0.717, 1.165) is 25.3 Å². The number of hydrogen-bond acceptors (Lipinski definition) is 3. The number of hydrogen-bond donors (Lipinski definition) is 1. The van der Waals surface area contributed by atoms with Crippen LogP contribution in [0.1, 0.15) is 27.2 Å². The van der Waals surface area contributed by atoms with E-state index in [2.05, 4.69) is 57.6 Å². The first-order valence-corrected chi connectivity index (χ1v) is 6.86. The third kappa shape index (κ3) is 2.66. The van der Waals surface area contributed by atoms with Gasteiger partial charge in [0.05, 0.1) is 6.33 Å². The standard InChI is InChI=1S/C13H18BrN3O/c1-13(2,3)9-4-6-17(7-5-9)11-10(14)12(18)16-8-15-11/h4,8H,5-7H2,1-3H3,(H,15,16,18). The van der Waals surface area contributed by atoms with Gasteiger partial charge in [0.2, 0.25) is 0 Å². The van der Waals surface area contributed by atoms with Crippen LogP contribution in [0.25, 0.3) is 0 Å². The summed E-state index contributed by atoms with van der Waals surface area (Å²) < 4.78 is 0.512. The normalized spacial score (nSPS) is 16.7. The largest absolute Gasteiger partial charge is 0.351 e. The molecule has 98 valence electrons. The molecule has 2 rings (SSSR count). The highest BCUT2D eigenvalue weighted by atomic mass is 79.9. The lowest BCUT2D eigenvalue weighted by molar-refractivity contribution is 0.472. The fourth-order valence-electron chi connectivity index (χ4n) is 2.14. The summed E-state index contributed by atoms with van der Waals surface area (Å²) in [6.07, 6.45) is 4.72. The number of anilines is 1. The summed E-state index contributed by atoms with van der Waals surface area (Å²) in [5, 5.41) is 0. The Balaban J connectivity index is 2.22. The average Bonchev–Trinajstić information content (AvgIpc) is 2.32. The molecule has 1 aromatic heterocycles. The molecule has 0 aromatic carbocycles. The van der Waals surface area contributed by atoms with Crippen molar-refractivity contribution in [3.63, 3.8) is 0 Å². The van der Waals surface area contributed by atoms with Gasteiger partial charge in [-0.2, -0.15) is 0 Å². The minimum Gasteiger partial charge on any atom is -0.351 e. The summed E-state index contributed by atoms with van der Waals surface area (Å²) in [6.45, 7) is 8.40. The highest BCUT2D eigenvalue weighted by Gasteiger charge is 2.23. The van der Waals surface area contributed by atoms with Crippen LogP contribution in [-0.2, 0) is 0 Å². The van der Waals surface area contributed by atoms with Crippen LogP contribution in [0.15, 0.2) is 27.2 Å². The van der Waals surface area contributed by atoms with Crippen molar-refractivity contribution >= 4 is 21.7 Å². The van der Waals surface area contributed by atoms with Crippen LogP contribution in [0.4, 0.5) is 5.82 Å². The summed E-state index contributed by atoms with van der Waals surface area (Å²) >= 11 is 3.30. The van der Waals surface area contributed by atoms with Crippen LogP contribution < -0.4 is 10.5 Å². The van der Waals surface area contributed by atoms with Crippen molar-refractivity contribution in [3.8, 4) is 0 Å². The lowest BCUT2D eigenvalue weighted by Gasteiger charge is -2.33. The lowest BCUT2D eigenvalue weighted by atomic mass is 9.83. The van der Waals surface area contributed by atoms with Crippen LogP contribution in [-0.4, -0.2) is 23.1 Å². The van der Waals surface area contributed by atoms with Crippen LogP contribution in [0.3, 0.4) is 0 Å². The molecule has 1 aliphatic rings. The van der Waals surface area contributed by atoms with Gasteiger partial charge >= 0.3 is 0 Å². The van der Waals surface area contributed by atoms with Crippen molar-refractivity contribution in [2.45, 2.75) is 27.2 Å². The number of aromatic nitrogens is 2. The number of halogens is 1. The van der Waals surface area contributed by atoms with E-state index < -0.39 is 0 Å². The Labute approximate surface area is 115 Å². The second kappa shape index (κ2) is 4.88. The lowest BCUT2D eigenvalue weighted by Crippen LogP contribution is -2.33. The molecule has 2 heterocycles. The quantitative estimate of drug-likeness (QED) is 0.811. The molecule has 0 aliphatic carbocycles. The maximum atomic E-state index is 11.5. The van der Waals surface area contributed by atoms with Crippen molar-refractivity contribution < 1.29 is 0 Å². The van der Waals surface area contributed by atoms with Gasteiger partial charge in [-0.15, -0.1) is 0 Å². The maximum Gasteiger partial charge on any atom is 0.267 e. The molecule has 0 bridgehead atoms. The van der Waals surface area contributed by atoms with Gasteiger partial charge < -0.3 is 9.88 Å². The van der Waals surface area contributed by atoms with E-state index in [4.69, 9.17) is 0 Å². The molecule has 0 radical (unpaired) electrons. The van der Waals surface area contributed by atoms with E-state index in [0.29, 0.717) is 4.47 Å². The monoisotopic (exact) mass is 311 g/mol. The fraction of sp³-hybridized carbons (Fsp3) is 0.538. The Morgan fingerprint density at radius 2 is 2.17 bits per heavy atom. The third-order valence-corrected chi connectivity index (χ3v) is 3.96. The summed E-state index contributed by atoms with van der Waals surface area (Å²) in [7, 11) is 0. The highest BCUT2D eigenvalue weighted by Crippen LogP contribution is 2.31. The van der Waals surface area contributed by atoms with E-state index >= 15 is 0 Å². The van der Waals surface area contributed by atoms with Gasteiger partial charge in [-0.05, 0) is 27.8 Å². The molecule has 0 fully saturated rings. The molecule has 0 unspecified atom stereocenters. The fourth-order valence-corrected chi connectivity index (χ4v) is 2.60. The predicted octanol–water partition coefficient (Wildman–Crippen LogP) is 2.72. The Kier molecular flexibility index (Phi) is 3.61. The Bertz CT molecular complexity index is 528. The zero-order valence-corrected chi connectivity index (χ0v) is 12.5. The van der Waals surface area contributed by atoms with Crippen molar-refractivity contribution in [1.29, 1.82) is 0 Å². The van der Waals surface area contributed by atoms with Gasteiger partial charge in [-0.25, -0.2) is 4.98 Å². The second-order valence-corrected chi connectivity index (χ2v) is 6.34. The van der Waals surface area contributed by atoms with Gasteiger partial charge in [-0.3, -0.25) is 4.79 Å². The summed E-state index contributed by atoms with van der Waals surface area (Å²) in [4.78, 5) is 20.4. The van der Waals surface area contributed by atoms with Crippen LogP contribution in [0.5, 0.6) is 0 Å². The zero-order chi connectivity index (χ0) is 13.3. The summed E-state index contributed by atoms with van der Waals surface area (Å²) in [5.74, 6) is 0.725. The topological polar surface area (TPSA) is 49.0 Å². The number of rotatable bonds is 1. The third-order valence-electron chi connectivity index (χ3n) is 3.25. The predicted molar refractivity (Wildman–Crippen MR) is 76.9 cm³/mol. The van der Waals surface area contributed by atoms with Crippen molar-refractivity contribution in [1.82, 2.24) is 9.97 Å². The first kappa shape index (κ1) is 13.3. The number of nitrogens with one attached hydrogen (secondary N) is 1. The molecular weight excluding hydrogens is 294 g/mol. The van der Waals surface area contributed by atoms with Crippen molar-refractivity contribution in [3.05, 3.63) is 32.8 Å². The molecule has 1 N–H and O–H groups in total. The van der Waals surface area contributed by atoms with Gasteiger partial charge in [0.25, 0.3) is 5.56 Å². The molecule has 4 nitrogen and oxygen atoms in total. The average molecular weight is 312 g/mol. The first-order valence-electron chi connectivity index (χ1n) is 6.07. The maximum absolute atomic E-state index is 11.5. The minimum absolute atomic E-state index is 0.134. The molecule has 1 aliphatic heterocycles. The number of nitrogens with zero attached hydrogens (tertiary/aromatic N) is 2. The minimum atomic E-state index is -0.134. The zero-order valence-electron chi connectivity index (χ0n) is 11.0. The molecule has 0 amide bonds. The smallest absolute Gasteiger partial charge is 0.267 e. The van der Waals surface area contributed by atoms with Crippen LogP contribution in [0.2, 0.25) is 0 Å². The van der Waals surface area contributed by atoms with Gasteiger partial charge in [0.1, 0.15) is 4.47 Å². The first-order chi connectivity index (χ1) is 8.39. The SMILES string of the molecule is CC(C)(C)C1=CCN(c2nc[nH]c(=O)c2Br)CC1. The van der Waals surface area contributed by atoms with Crippen molar-refractivity contribution in [2.24, 2.45) is 5.41 Å². The second-order valence-electron chi connectivity index (χ2n) is 5.54. The highest BCUT2D eigenvalue weighted by molar-refractivity contribution is 9.10. The molecule has 0 atom stereocenters. The van der Waals surface area contributed by atoms with Crippen LogP contribution in [0, 0.1) is 5.41 Å². The van der Waals surface area contributed by atoms with Gasteiger partial charge in [0.15, 0.2) is 5.82 Å². The Morgan fingerprint density at radius 1 is 1.44 bits per heavy atom. The number of aromatic amines is 1. The molecule has 1 aromatic rings. The Hall–Kier alpha value is -1.10. The van der Waals surface area contributed by atoms with Gasteiger partial charge in [-0.1, -0.05) is 32.4 Å². The van der Waals surface area contributed by atoms with E-state index in [-0.39, 0.29) is 11.0 Å². The van der Waals surface area contributed by atoms with E-state index in [1.54, 1.807) is 0 Å². The Morgan fingerprint density at radius 3 is 2.72 bits per heavy atom. The molecule has 0 spiro atoms. The van der Waals surface area contributed by atoms with Crippen molar-refractivity contribution in [2.75, 3.05) is 18.0 Å². The van der Waals surface area contributed by atoms with E-state index in [9.17, 15) is 4.79 Å². The summed E-state index contributed by atoms with van der Waals surface area (Å²) in [5.41, 5.74) is 1.57. The molecule has 0 saturated heterocycles. The molecule has 18 heavy (non-hydrogen) atoms.